The van der Waals surface area contributed by atoms with E-state index >= 15 is 0 Å². The van der Waals surface area contributed by atoms with E-state index in [0.29, 0.717) is 58.3 Å². The van der Waals surface area contributed by atoms with Crippen LogP contribution in [0.15, 0.2) is 82.1 Å². The number of likely N-dealkylation sites (N-methyl/N-ethyl adjacent to an activating group) is 1. The number of ether oxygens (including phenoxy) is 4. The maximum Gasteiger partial charge on any atom is 0.213 e. The number of aromatic nitrogens is 1. The van der Waals surface area contributed by atoms with Gasteiger partial charge in [0.05, 0.1) is 24.1 Å². The van der Waals surface area contributed by atoms with Gasteiger partial charge in [0.15, 0.2) is 11.3 Å². The van der Waals surface area contributed by atoms with Crippen molar-refractivity contribution >= 4 is 21.9 Å². The van der Waals surface area contributed by atoms with Crippen molar-refractivity contribution in [3.8, 4) is 28.9 Å². The number of methoxy groups -OCH3 is 1. The fourth-order valence-electron chi connectivity index (χ4n) is 4.08. The molecule has 0 atom stereocenters. The van der Waals surface area contributed by atoms with E-state index in [1.54, 1.807) is 43.6 Å². The molecule has 0 aliphatic heterocycles. The largest absolute Gasteiger partial charge is 0.497 e. The average Bonchev–Trinajstić information content (AvgIpc) is 2.93. The Bertz CT molecular complexity index is 1640. The summed E-state index contributed by atoms with van der Waals surface area (Å²) in [7, 11) is 5.59. The van der Waals surface area contributed by atoms with Crippen LogP contribution < -0.4 is 24.4 Å². The standard InChI is InChI=1S/C31H30N2O6/c1-20-15-26-30(34)25-11-9-23(17-27(25)39-31(26)28(16-20)36-14-13-33(2)3)38-24-10-12-29(32-18-24)37-19-21-5-7-22(35-4)8-6-21/h5-12,15-18H,13-14,19H2,1-4H3. The number of benzene rings is 3. The van der Waals surface area contributed by atoms with Crippen LogP contribution in [0, 0.1) is 6.92 Å². The molecule has 200 valence electrons. The monoisotopic (exact) mass is 526 g/mol. The van der Waals surface area contributed by atoms with Crippen LogP contribution in [0.2, 0.25) is 0 Å². The molecular weight excluding hydrogens is 496 g/mol. The van der Waals surface area contributed by atoms with Gasteiger partial charge in [-0.25, -0.2) is 4.98 Å². The number of fused-ring (bicyclic) bond motifs is 2. The van der Waals surface area contributed by atoms with Gasteiger partial charge in [0.1, 0.15) is 36.0 Å². The molecule has 0 unspecified atom stereocenters. The minimum absolute atomic E-state index is 0.112. The van der Waals surface area contributed by atoms with Crippen molar-refractivity contribution in [3.63, 3.8) is 0 Å². The minimum atomic E-state index is -0.112. The molecule has 2 aromatic heterocycles. The van der Waals surface area contributed by atoms with Crippen molar-refractivity contribution < 1.29 is 23.4 Å². The molecule has 0 N–H and O–H groups in total. The lowest BCUT2D eigenvalue weighted by Crippen LogP contribution is -2.19. The number of pyridine rings is 1. The van der Waals surface area contributed by atoms with E-state index in [1.165, 1.54) is 0 Å². The molecule has 5 rings (SSSR count). The number of nitrogens with zero attached hydrogens (tertiary/aromatic N) is 2. The molecule has 39 heavy (non-hydrogen) atoms. The Morgan fingerprint density at radius 1 is 0.872 bits per heavy atom. The lowest BCUT2D eigenvalue weighted by molar-refractivity contribution is 0.261. The first-order valence-electron chi connectivity index (χ1n) is 12.6. The topological polar surface area (TPSA) is 83.3 Å². The zero-order chi connectivity index (χ0) is 27.4. The quantitative estimate of drug-likeness (QED) is 0.206. The Labute approximate surface area is 226 Å². The summed E-state index contributed by atoms with van der Waals surface area (Å²) in [6.45, 7) is 3.53. The number of hydrogen-bond acceptors (Lipinski definition) is 8. The number of rotatable bonds is 10. The fraction of sp³-hybridized carbons (Fsp3) is 0.226. The summed E-state index contributed by atoms with van der Waals surface area (Å²) in [5.74, 6) is 2.86. The number of aryl methyl sites for hydroxylation is 1. The Morgan fingerprint density at radius 3 is 2.36 bits per heavy atom. The van der Waals surface area contributed by atoms with Crippen LogP contribution >= 0.6 is 0 Å². The van der Waals surface area contributed by atoms with Crippen LogP contribution in [0.1, 0.15) is 11.1 Å². The summed E-state index contributed by atoms with van der Waals surface area (Å²) < 4.78 is 29.1. The van der Waals surface area contributed by atoms with Crippen molar-refractivity contribution in [2.45, 2.75) is 13.5 Å². The van der Waals surface area contributed by atoms with Crippen LogP contribution in [0.25, 0.3) is 21.9 Å². The lowest BCUT2D eigenvalue weighted by atomic mass is 10.1. The van der Waals surface area contributed by atoms with Crippen molar-refractivity contribution in [1.29, 1.82) is 0 Å². The Hall–Kier alpha value is -4.56. The first-order chi connectivity index (χ1) is 18.9. The third-order valence-electron chi connectivity index (χ3n) is 6.14. The molecule has 0 aliphatic rings. The molecule has 0 radical (unpaired) electrons. The predicted molar refractivity (Wildman–Crippen MR) is 150 cm³/mol. The van der Waals surface area contributed by atoms with Gasteiger partial charge in [0, 0.05) is 18.7 Å². The molecular formula is C31H30N2O6. The van der Waals surface area contributed by atoms with Crippen LogP contribution in [0.3, 0.4) is 0 Å². The second kappa shape index (κ2) is 11.4. The number of hydrogen-bond donors (Lipinski definition) is 0. The van der Waals surface area contributed by atoms with Gasteiger partial charge in [-0.2, -0.15) is 0 Å². The normalized spacial score (nSPS) is 11.2. The Kier molecular flexibility index (Phi) is 7.65. The fourth-order valence-corrected chi connectivity index (χ4v) is 4.08. The van der Waals surface area contributed by atoms with Gasteiger partial charge in [-0.1, -0.05) is 12.1 Å². The maximum absolute atomic E-state index is 13.3. The first-order valence-corrected chi connectivity index (χ1v) is 12.6. The molecule has 0 saturated carbocycles. The van der Waals surface area contributed by atoms with E-state index in [-0.39, 0.29) is 5.43 Å². The summed E-state index contributed by atoms with van der Waals surface area (Å²) in [6, 6.07) is 20.0. The Balaban J connectivity index is 1.34. The van der Waals surface area contributed by atoms with E-state index < -0.39 is 0 Å². The van der Waals surface area contributed by atoms with Crippen LogP contribution in [0.4, 0.5) is 0 Å². The zero-order valence-corrected chi connectivity index (χ0v) is 22.4. The second-order valence-electron chi connectivity index (χ2n) is 9.45. The third kappa shape index (κ3) is 6.13. The van der Waals surface area contributed by atoms with Crippen molar-refractivity contribution in [1.82, 2.24) is 9.88 Å². The second-order valence-corrected chi connectivity index (χ2v) is 9.45. The van der Waals surface area contributed by atoms with Gasteiger partial charge in [-0.3, -0.25) is 4.79 Å². The summed E-state index contributed by atoms with van der Waals surface area (Å²) in [5, 5.41) is 0.963. The predicted octanol–water partition coefficient (Wildman–Crippen LogP) is 5.97. The highest BCUT2D eigenvalue weighted by Gasteiger charge is 2.14. The van der Waals surface area contributed by atoms with Crippen LogP contribution in [-0.4, -0.2) is 44.2 Å². The molecule has 0 bridgehead atoms. The van der Waals surface area contributed by atoms with Crippen LogP contribution in [-0.2, 0) is 6.61 Å². The first kappa shape index (κ1) is 26.1. The van der Waals surface area contributed by atoms with Gasteiger partial charge < -0.3 is 28.3 Å². The SMILES string of the molecule is COc1ccc(COc2ccc(Oc3ccc4c(=O)c5cc(C)cc(OCCN(C)C)c5oc4c3)cn2)cc1. The van der Waals surface area contributed by atoms with Gasteiger partial charge in [0.2, 0.25) is 11.3 Å². The smallest absolute Gasteiger partial charge is 0.213 e. The molecule has 8 heteroatoms. The molecule has 0 amide bonds. The van der Waals surface area contributed by atoms with Crippen LogP contribution in [0.5, 0.6) is 28.9 Å². The minimum Gasteiger partial charge on any atom is -0.497 e. The molecule has 0 saturated heterocycles. The third-order valence-corrected chi connectivity index (χ3v) is 6.14. The maximum atomic E-state index is 13.3. The van der Waals surface area contributed by atoms with E-state index in [1.807, 2.05) is 62.3 Å². The highest BCUT2D eigenvalue weighted by molar-refractivity contribution is 5.93. The van der Waals surface area contributed by atoms with E-state index in [0.717, 1.165) is 23.4 Å². The van der Waals surface area contributed by atoms with E-state index in [4.69, 9.17) is 23.4 Å². The van der Waals surface area contributed by atoms with Crippen molar-refractivity contribution in [3.05, 3.63) is 94.3 Å². The highest BCUT2D eigenvalue weighted by atomic mass is 16.5. The zero-order valence-electron chi connectivity index (χ0n) is 22.4. The van der Waals surface area contributed by atoms with E-state index in [2.05, 4.69) is 4.98 Å². The molecule has 3 aromatic carbocycles. The summed E-state index contributed by atoms with van der Waals surface area (Å²) in [4.78, 5) is 19.6. The van der Waals surface area contributed by atoms with Gasteiger partial charge in [-0.05, 0) is 74.6 Å². The van der Waals surface area contributed by atoms with Gasteiger partial charge in [0.25, 0.3) is 0 Å². The summed E-state index contributed by atoms with van der Waals surface area (Å²) in [6.07, 6.45) is 1.59. The summed E-state index contributed by atoms with van der Waals surface area (Å²) in [5.41, 5.74) is 2.66. The highest BCUT2D eigenvalue weighted by Crippen LogP contribution is 2.31. The molecule has 0 fully saturated rings. The molecule has 5 aromatic rings. The molecule has 8 nitrogen and oxygen atoms in total. The average molecular weight is 527 g/mol. The molecule has 0 aliphatic carbocycles. The van der Waals surface area contributed by atoms with E-state index in [9.17, 15) is 4.79 Å². The van der Waals surface area contributed by atoms with Gasteiger partial charge in [-0.15, -0.1) is 0 Å². The Morgan fingerprint density at radius 2 is 1.64 bits per heavy atom. The van der Waals surface area contributed by atoms with Gasteiger partial charge >= 0.3 is 0 Å². The molecule has 2 heterocycles. The lowest BCUT2D eigenvalue weighted by Gasteiger charge is -2.13. The summed E-state index contributed by atoms with van der Waals surface area (Å²) >= 11 is 0. The van der Waals surface area contributed by atoms with Crippen molar-refractivity contribution in [2.75, 3.05) is 34.4 Å². The van der Waals surface area contributed by atoms with Crippen molar-refractivity contribution in [2.24, 2.45) is 0 Å². The molecule has 0 spiro atoms.